The molecule has 0 radical (unpaired) electrons. The molecule has 0 spiro atoms. The Labute approximate surface area is 126 Å². The van der Waals surface area contributed by atoms with Crippen molar-refractivity contribution in [3.05, 3.63) is 66.2 Å². The number of carbonyl (C=O) groups is 3. The molecule has 0 unspecified atom stereocenters. The molecule has 2 aromatic rings. The molecule has 5 heteroatoms. The summed E-state index contributed by atoms with van der Waals surface area (Å²) >= 11 is 0. The van der Waals surface area contributed by atoms with Crippen molar-refractivity contribution in [2.45, 2.75) is 6.42 Å². The Bertz CT molecular complexity index is 767. The van der Waals surface area contributed by atoms with Gasteiger partial charge in [-0.15, -0.1) is 0 Å². The molecule has 1 aliphatic rings. The molecule has 3 amide bonds. The van der Waals surface area contributed by atoms with E-state index in [9.17, 15) is 14.4 Å². The molecule has 1 fully saturated rings. The molecule has 0 N–H and O–H groups in total. The van der Waals surface area contributed by atoms with Crippen LogP contribution in [0.5, 0.6) is 0 Å². The van der Waals surface area contributed by atoms with E-state index >= 15 is 0 Å². The van der Waals surface area contributed by atoms with Crippen LogP contribution in [-0.2, 0) is 9.59 Å². The molecule has 2 aromatic carbocycles. The van der Waals surface area contributed by atoms with Crippen LogP contribution in [0.2, 0.25) is 0 Å². The summed E-state index contributed by atoms with van der Waals surface area (Å²) in [4.78, 5) is 41.4. The molecule has 3 rings (SSSR count). The average molecular weight is 292 g/mol. The molecular formula is C17H12N2O3. The molecule has 0 bridgehead atoms. The van der Waals surface area contributed by atoms with E-state index in [4.69, 9.17) is 0 Å². The summed E-state index contributed by atoms with van der Waals surface area (Å²) in [5.74, 6) is -1.81. The summed E-state index contributed by atoms with van der Waals surface area (Å²) in [5, 5.41) is 0. The first kappa shape index (κ1) is 13.9. The minimum Gasteiger partial charge on any atom is -0.273 e. The van der Waals surface area contributed by atoms with Crippen LogP contribution in [0.4, 0.5) is 5.69 Å². The van der Waals surface area contributed by atoms with E-state index in [0.29, 0.717) is 16.2 Å². The summed E-state index contributed by atoms with van der Waals surface area (Å²) in [6.07, 6.45) is -0.160. The van der Waals surface area contributed by atoms with Gasteiger partial charge in [0.25, 0.3) is 11.8 Å². The lowest BCUT2D eigenvalue weighted by atomic mass is 10.2. The molecule has 0 aromatic heterocycles. The Morgan fingerprint density at radius 2 is 1.50 bits per heavy atom. The zero-order valence-corrected chi connectivity index (χ0v) is 11.6. The number of hydrogen-bond acceptors (Lipinski definition) is 4. The first-order chi connectivity index (χ1) is 10.7. The van der Waals surface area contributed by atoms with Gasteiger partial charge in [-0.25, -0.2) is 9.89 Å². The van der Waals surface area contributed by atoms with Crippen LogP contribution in [0.1, 0.15) is 16.8 Å². The predicted octanol–water partition coefficient (Wildman–Crippen LogP) is 2.36. The largest absolute Gasteiger partial charge is 0.282 e. The maximum absolute atomic E-state index is 12.3. The van der Waals surface area contributed by atoms with Crippen LogP contribution in [-0.4, -0.2) is 28.3 Å². The molecular weight excluding hydrogens is 280 g/mol. The van der Waals surface area contributed by atoms with Gasteiger partial charge in [0.15, 0.2) is 0 Å². The number of amides is 3. The lowest BCUT2D eigenvalue weighted by Gasteiger charge is -2.10. The number of carbonyl (C=O) groups excluding carboxylic acids is 3. The summed E-state index contributed by atoms with van der Waals surface area (Å²) in [7, 11) is 0. The minimum absolute atomic E-state index is 0.0838. The second-order valence-corrected chi connectivity index (χ2v) is 4.78. The van der Waals surface area contributed by atoms with Gasteiger partial charge < -0.3 is 0 Å². The summed E-state index contributed by atoms with van der Waals surface area (Å²) in [6.45, 7) is 0. The Morgan fingerprint density at radius 3 is 2.14 bits per heavy atom. The number of hydrogen-bond donors (Lipinski definition) is 0. The standard InChI is InChI=1S/C17H12N2O3/c20-15-11-14(18-13-9-5-2-6-10-13)17(22)19(15)16(21)12-7-3-1-4-8-12/h1-10H,11H2. The van der Waals surface area contributed by atoms with Crippen molar-refractivity contribution in [2.24, 2.45) is 4.99 Å². The van der Waals surface area contributed by atoms with Gasteiger partial charge >= 0.3 is 0 Å². The van der Waals surface area contributed by atoms with Crippen LogP contribution in [0.15, 0.2) is 65.7 Å². The van der Waals surface area contributed by atoms with Gasteiger partial charge in [-0.2, -0.15) is 0 Å². The van der Waals surface area contributed by atoms with Gasteiger partial charge in [0.05, 0.1) is 12.1 Å². The number of para-hydroxylation sites is 1. The van der Waals surface area contributed by atoms with E-state index < -0.39 is 17.7 Å². The topological polar surface area (TPSA) is 66.8 Å². The fraction of sp³-hybridized carbons (Fsp3) is 0.0588. The number of imide groups is 3. The van der Waals surface area contributed by atoms with Crippen molar-refractivity contribution in [1.29, 1.82) is 0 Å². The Balaban J connectivity index is 1.89. The van der Waals surface area contributed by atoms with E-state index in [1.807, 2.05) is 6.07 Å². The molecule has 5 nitrogen and oxygen atoms in total. The van der Waals surface area contributed by atoms with Crippen LogP contribution >= 0.6 is 0 Å². The predicted molar refractivity (Wildman–Crippen MR) is 80.8 cm³/mol. The number of likely N-dealkylation sites (tertiary alicyclic amines) is 1. The van der Waals surface area contributed by atoms with Crippen LogP contribution in [0.3, 0.4) is 0 Å². The van der Waals surface area contributed by atoms with Crippen LogP contribution < -0.4 is 0 Å². The highest BCUT2D eigenvalue weighted by atomic mass is 16.2. The normalized spacial score (nSPS) is 16.4. The molecule has 0 atom stereocenters. The Kier molecular flexibility index (Phi) is 3.62. The van der Waals surface area contributed by atoms with Gasteiger partial charge in [0.2, 0.25) is 5.91 Å². The third kappa shape index (κ3) is 2.56. The van der Waals surface area contributed by atoms with Crippen molar-refractivity contribution in [3.8, 4) is 0 Å². The quantitative estimate of drug-likeness (QED) is 0.798. The van der Waals surface area contributed by atoms with E-state index in [-0.39, 0.29) is 12.1 Å². The average Bonchev–Trinajstić information content (AvgIpc) is 2.82. The first-order valence-corrected chi connectivity index (χ1v) is 6.76. The maximum Gasteiger partial charge on any atom is 0.282 e. The SMILES string of the molecule is O=C1CC(=Nc2ccccc2)C(=O)N1C(=O)c1ccccc1. The number of aliphatic imine (C=N–C) groups is 1. The first-order valence-electron chi connectivity index (χ1n) is 6.76. The van der Waals surface area contributed by atoms with Crippen molar-refractivity contribution in [2.75, 3.05) is 0 Å². The third-order valence-corrected chi connectivity index (χ3v) is 3.26. The van der Waals surface area contributed by atoms with E-state index in [2.05, 4.69) is 4.99 Å². The highest BCUT2D eigenvalue weighted by Crippen LogP contribution is 2.19. The molecule has 108 valence electrons. The number of benzene rings is 2. The summed E-state index contributed by atoms with van der Waals surface area (Å²) in [6, 6.07) is 17.1. The monoisotopic (exact) mass is 292 g/mol. The molecule has 0 aliphatic carbocycles. The van der Waals surface area contributed by atoms with E-state index in [0.717, 1.165) is 0 Å². The molecule has 0 saturated carbocycles. The second-order valence-electron chi connectivity index (χ2n) is 4.78. The van der Waals surface area contributed by atoms with Gasteiger partial charge in [-0.1, -0.05) is 36.4 Å². The molecule has 1 aliphatic heterocycles. The van der Waals surface area contributed by atoms with Crippen molar-refractivity contribution >= 4 is 29.1 Å². The zero-order chi connectivity index (χ0) is 15.5. The Hall–Kier alpha value is -3.08. The maximum atomic E-state index is 12.3. The van der Waals surface area contributed by atoms with Crippen molar-refractivity contribution in [1.82, 2.24) is 4.90 Å². The molecule has 1 saturated heterocycles. The third-order valence-electron chi connectivity index (χ3n) is 3.26. The smallest absolute Gasteiger partial charge is 0.273 e. The summed E-state index contributed by atoms with van der Waals surface area (Å²) < 4.78 is 0. The van der Waals surface area contributed by atoms with Crippen LogP contribution in [0, 0.1) is 0 Å². The minimum atomic E-state index is -0.650. The number of nitrogens with zero attached hydrogens (tertiary/aromatic N) is 2. The van der Waals surface area contributed by atoms with E-state index in [1.54, 1.807) is 54.6 Å². The lowest BCUT2D eigenvalue weighted by molar-refractivity contribution is -0.133. The number of rotatable bonds is 2. The second kappa shape index (κ2) is 5.73. The lowest BCUT2D eigenvalue weighted by Crippen LogP contribution is -2.36. The molecule has 1 heterocycles. The van der Waals surface area contributed by atoms with Gasteiger partial charge in [0, 0.05) is 5.56 Å². The highest BCUT2D eigenvalue weighted by molar-refractivity contribution is 6.52. The highest BCUT2D eigenvalue weighted by Gasteiger charge is 2.40. The summed E-state index contributed by atoms with van der Waals surface area (Å²) in [5.41, 5.74) is 0.957. The Morgan fingerprint density at radius 1 is 0.909 bits per heavy atom. The fourth-order valence-electron chi connectivity index (χ4n) is 2.20. The van der Waals surface area contributed by atoms with Crippen molar-refractivity contribution < 1.29 is 14.4 Å². The van der Waals surface area contributed by atoms with Crippen molar-refractivity contribution in [3.63, 3.8) is 0 Å². The van der Waals surface area contributed by atoms with Gasteiger partial charge in [0.1, 0.15) is 5.71 Å². The van der Waals surface area contributed by atoms with Gasteiger partial charge in [-0.05, 0) is 24.3 Å². The van der Waals surface area contributed by atoms with Crippen LogP contribution in [0.25, 0.3) is 0 Å². The van der Waals surface area contributed by atoms with E-state index in [1.165, 1.54) is 0 Å². The van der Waals surface area contributed by atoms with Gasteiger partial charge in [-0.3, -0.25) is 14.4 Å². The zero-order valence-electron chi connectivity index (χ0n) is 11.6. The fourth-order valence-corrected chi connectivity index (χ4v) is 2.20. The molecule has 22 heavy (non-hydrogen) atoms.